The lowest BCUT2D eigenvalue weighted by Crippen LogP contribution is -2.53. The van der Waals surface area contributed by atoms with E-state index >= 15 is 0 Å². The number of hydrogen-bond donors (Lipinski definition) is 2. The lowest BCUT2D eigenvalue weighted by Gasteiger charge is -2.33. The molecule has 0 radical (unpaired) electrons. The molecule has 5 nitrogen and oxygen atoms in total. The zero-order valence-electron chi connectivity index (χ0n) is 10.5. The van der Waals surface area contributed by atoms with E-state index in [9.17, 15) is 4.79 Å². The maximum Gasteiger partial charge on any atom is 0.234 e. The van der Waals surface area contributed by atoms with Crippen molar-refractivity contribution in [3.63, 3.8) is 0 Å². The normalized spacial score (nSPS) is 24.1. The van der Waals surface area contributed by atoms with Gasteiger partial charge in [-0.15, -0.1) is 0 Å². The van der Waals surface area contributed by atoms with Crippen LogP contribution in [0.15, 0.2) is 0 Å². The Hall–Kier alpha value is -0.650. The lowest BCUT2D eigenvalue weighted by molar-refractivity contribution is -0.123. The van der Waals surface area contributed by atoms with E-state index < -0.39 is 0 Å². The van der Waals surface area contributed by atoms with E-state index in [1.807, 2.05) is 6.92 Å². The number of piperazine rings is 1. The summed E-state index contributed by atoms with van der Waals surface area (Å²) in [4.78, 5) is 13.9. The Morgan fingerprint density at radius 2 is 2.44 bits per heavy atom. The third kappa shape index (κ3) is 4.47. The van der Waals surface area contributed by atoms with Crippen molar-refractivity contribution in [2.45, 2.75) is 25.9 Å². The van der Waals surface area contributed by atoms with Crippen LogP contribution in [0.5, 0.6) is 0 Å². The standard InChI is InChI=1S/C11H23N3O2/c1-9(8-16-3)13-11(15)7-14-5-4-12-6-10(14)2/h9-10,12H,4-8H2,1-3H3,(H,13,15)/t9?,10-/m1/s1. The minimum absolute atomic E-state index is 0.0794. The van der Waals surface area contributed by atoms with Crippen LogP contribution in [0.2, 0.25) is 0 Å². The van der Waals surface area contributed by atoms with Gasteiger partial charge in [0.2, 0.25) is 5.91 Å². The number of carbonyl (C=O) groups excluding carboxylic acids is 1. The van der Waals surface area contributed by atoms with Crippen molar-refractivity contribution in [1.82, 2.24) is 15.5 Å². The van der Waals surface area contributed by atoms with Crippen molar-refractivity contribution in [2.24, 2.45) is 0 Å². The van der Waals surface area contributed by atoms with Crippen LogP contribution in [0, 0.1) is 0 Å². The molecule has 0 aromatic heterocycles. The molecule has 1 unspecified atom stereocenters. The molecule has 1 rings (SSSR count). The van der Waals surface area contributed by atoms with Gasteiger partial charge in [0.15, 0.2) is 0 Å². The molecule has 0 spiro atoms. The van der Waals surface area contributed by atoms with Crippen LogP contribution in [0.25, 0.3) is 0 Å². The molecule has 5 heteroatoms. The van der Waals surface area contributed by atoms with Gasteiger partial charge in [0.1, 0.15) is 0 Å². The summed E-state index contributed by atoms with van der Waals surface area (Å²) < 4.78 is 4.98. The fourth-order valence-corrected chi connectivity index (χ4v) is 1.91. The monoisotopic (exact) mass is 229 g/mol. The van der Waals surface area contributed by atoms with Crippen molar-refractivity contribution >= 4 is 5.91 Å². The Morgan fingerprint density at radius 3 is 3.06 bits per heavy atom. The summed E-state index contributed by atoms with van der Waals surface area (Å²) in [5.74, 6) is 0.0818. The second-order valence-electron chi connectivity index (χ2n) is 4.45. The van der Waals surface area contributed by atoms with Crippen LogP contribution in [0.3, 0.4) is 0 Å². The predicted molar refractivity (Wildman–Crippen MR) is 63.4 cm³/mol. The molecule has 1 amide bonds. The van der Waals surface area contributed by atoms with E-state index in [4.69, 9.17) is 4.74 Å². The summed E-state index contributed by atoms with van der Waals surface area (Å²) in [6, 6.07) is 0.507. The maximum absolute atomic E-state index is 11.7. The smallest absolute Gasteiger partial charge is 0.234 e. The van der Waals surface area contributed by atoms with Crippen LogP contribution in [0.1, 0.15) is 13.8 Å². The predicted octanol–water partition coefficient (Wildman–Crippen LogP) is -0.569. The van der Waals surface area contributed by atoms with Crippen LogP contribution >= 0.6 is 0 Å². The molecule has 1 aliphatic heterocycles. The average Bonchev–Trinajstić information content (AvgIpc) is 2.21. The first kappa shape index (κ1) is 13.4. The highest BCUT2D eigenvalue weighted by Gasteiger charge is 2.20. The third-order valence-corrected chi connectivity index (χ3v) is 2.81. The Labute approximate surface area is 97.5 Å². The zero-order chi connectivity index (χ0) is 12.0. The summed E-state index contributed by atoms with van der Waals surface area (Å²) in [7, 11) is 1.64. The number of amides is 1. The van der Waals surface area contributed by atoms with Crippen LogP contribution in [-0.4, -0.2) is 62.8 Å². The van der Waals surface area contributed by atoms with Gasteiger partial charge in [0.05, 0.1) is 13.2 Å². The van der Waals surface area contributed by atoms with Crippen LogP contribution in [0.4, 0.5) is 0 Å². The molecule has 1 saturated heterocycles. The van der Waals surface area contributed by atoms with E-state index in [2.05, 4.69) is 22.5 Å². The summed E-state index contributed by atoms with van der Waals surface area (Å²) in [6.07, 6.45) is 0. The topological polar surface area (TPSA) is 53.6 Å². The number of methoxy groups -OCH3 is 1. The number of rotatable bonds is 5. The molecule has 1 aliphatic rings. The third-order valence-electron chi connectivity index (χ3n) is 2.81. The molecule has 0 aromatic carbocycles. The van der Waals surface area contributed by atoms with Crippen molar-refractivity contribution in [3.8, 4) is 0 Å². The average molecular weight is 229 g/mol. The van der Waals surface area contributed by atoms with Gasteiger partial charge in [-0.05, 0) is 13.8 Å². The van der Waals surface area contributed by atoms with Gasteiger partial charge in [0.25, 0.3) is 0 Å². The summed E-state index contributed by atoms with van der Waals surface area (Å²) in [6.45, 7) is 7.99. The number of nitrogens with one attached hydrogen (secondary N) is 2. The molecule has 1 fully saturated rings. The number of carbonyl (C=O) groups is 1. The van der Waals surface area contributed by atoms with Gasteiger partial charge in [-0.1, -0.05) is 0 Å². The zero-order valence-corrected chi connectivity index (χ0v) is 10.5. The van der Waals surface area contributed by atoms with Crippen LogP contribution < -0.4 is 10.6 Å². The van der Waals surface area contributed by atoms with Gasteiger partial charge < -0.3 is 15.4 Å². The minimum atomic E-state index is 0.0794. The first-order valence-electron chi connectivity index (χ1n) is 5.86. The Bertz CT molecular complexity index is 223. The highest BCUT2D eigenvalue weighted by molar-refractivity contribution is 5.78. The number of hydrogen-bond acceptors (Lipinski definition) is 4. The van der Waals surface area contributed by atoms with E-state index in [0.29, 0.717) is 19.2 Å². The lowest BCUT2D eigenvalue weighted by atomic mass is 10.2. The molecular formula is C11H23N3O2. The molecule has 0 saturated carbocycles. The summed E-state index contributed by atoms with van der Waals surface area (Å²) in [5, 5.41) is 6.23. The Kier molecular flexibility index (Phi) is 5.73. The van der Waals surface area contributed by atoms with E-state index in [0.717, 1.165) is 19.6 Å². The molecule has 0 aromatic rings. The fraction of sp³-hybridized carbons (Fsp3) is 0.909. The van der Waals surface area contributed by atoms with Crippen LogP contribution in [-0.2, 0) is 9.53 Å². The second kappa shape index (κ2) is 6.83. The first-order chi connectivity index (χ1) is 7.63. The molecule has 94 valence electrons. The molecule has 2 atom stereocenters. The first-order valence-corrected chi connectivity index (χ1v) is 5.86. The highest BCUT2D eigenvalue weighted by atomic mass is 16.5. The van der Waals surface area contributed by atoms with Gasteiger partial charge >= 0.3 is 0 Å². The van der Waals surface area contributed by atoms with E-state index in [1.54, 1.807) is 7.11 Å². The SMILES string of the molecule is COCC(C)NC(=O)CN1CCNC[C@H]1C. The van der Waals surface area contributed by atoms with Gasteiger partial charge in [-0.2, -0.15) is 0 Å². The van der Waals surface area contributed by atoms with Crippen molar-refractivity contribution in [2.75, 3.05) is 39.9 Å². The minimum Gasteiger partial charge on any atom is -0.383 e. The largest absolute Gasteiger partial charge is 0.383 e. The second-order valence-corrected chi connectivity index (χ2v) is 4.45. The summed E-state index contributed by atoms with van der Waals surface area (Å²) in [5.41, 5.74) is 0. The molecule has 1 heterocycles. The van der Waals surface area contributed by atoms with Gasteiger partial charge in [0, 0.05) is 38.8 Å². The molecular weight excluding hydrogens is 206 g/mol. The molecule has 0 bridgehead atoms. The molecule has 16 heavy (non-hydrogen) atoms. The maximum atomic E-state index is 11.7. The molecule has 0 aliphatic carbocycles. The Morgan fingerprint density at radius 1 is 1.69 bits per heavy atom. The van der Waals surface area contributed by atoms with Crippen molar-refractivity contribution < 1.29 is 9.53 Å². The number of nitrogens with zero attached hydrogens (tertiary/aromatic N) is 1. The van der Waals surface area contributed by atoms with Crippen molar-refractivity contribution in [1.29, 1.82) is 0 Å². The fourth-order valence-electron chi connectivity index (χ4n) is 1.91. The highest BCUT2D eigenvalue weighted by Crippen LogP contribution is 2.01. The Balaban J connectivity index is 2.27. The quantitative estimate of drug-likeness (QED) is 0.663. The van der Waals surface area contributed by atoms with Gasteiger partial charge in [-0.25, -0.2) is 0 Å². The molecule has 2 N–H and O–H groups in total. The number of ether oxygens (including phenoxy) is 1. The van der Waals surface area contributed by atoms with E-state index in [1.165, 1.54) is 0 Å². The van der Waals surface area contributed by atoms with Gasteiger partial charge in [-0.3, -0.25) is 9.69 Å². The van der Waals surface area contributed by atoms with Crippen molar-refractivity contribution in [3.05, 3.63) is 0 Å². The van der Waals surface area contributed by atoms with E-state index in [-0.39, 0.29) is 11.9 Å². The summed E-state index contributed by atoms with van der Waals surface area (Å²) >= 11 is 0.